The van der Waals surface area contributed by atoms with Crippen LogP contribution >= 0.6 is 11.8 Å². The Morgan fingerprint density at radius 1 is 0.773 bits per heavy atom. The van der Waals surface area contributed by atoms with Crippen molar-refractivity contribution in [1.82, 2.24) is 0 Å². The van der Waals surface area contributed by atoms with Gasteiger partial charge in [-0.3, -0.25) is 4.79 Å². The molecular weight excluding hydrogens is 288 g/mol. The zero-order valence-corrected chi connectivity index (χ0v) is 12.8. The SMILES string of the molecule is O=C1CC=C(Sc2cccc3ccccc23)c2ccccc21. The lowest BCUT2D eigenvalue weighted by molar-refractivity contribution is 0.0994. The molecule has 2 heteroatoms. The van der Waals surface area contributed by atoms with Crippen LogP contribution in [0.15, 0.2) is 77.7 Å². The third-order valence-corrected chi connectivity index (χ3v) is 5.12. The fourth-order valence-electron chi connectivity index (χ4n) is 2.85. The van der Waals surface area contributed by atoms with Gasteiger partial charge >= 0.3 is 0 Å². The van der Waals surface area contributed by atoms with Crippen molar-refractivity contribution in [3.05, 3.63) is 83.9 Å². The van der Waals surface area contributed by atoms with E-state index in [-0.39, 0.29) is 5.78 Å². The molecule has 106 valence electrons. The largest absolute Gasteiger partial charge is 0.294 e. The Bertz CT molecular complexity index is 903. The van der Waals surface area contributed by atoms with Crippen LogP contribution in [0.1, 0.15) is 22.3 Å². The van der Waals surface area contributed by atoms with E-state index in [0.29, 0.717) is 6.42 Å². The molecule has 0 heterocycles. The van der Waals surface area contributed by atoms with Gasteiger partial charge < -0.3 is 0 Å². The zero-order valence-electron chi connectivity index (χ0n) is 12.0. The average molecular weight is 302 g/mol. The highest BCUT2D eigenvalue weighted by Gasteiger charge is 2.19. The van der Waals surface area contributed by atoms with E-state index in [1.54, 1.807) is 11.8 Å². The molecule has 0 aliphatic heterocycles. The molecule has 1 aliphatic carbocycles. The minimum atomic E-state index is 0.206. The van der Waals surface area contributed by atoms with Crippen LogP contribution in [-0.2, 0) is 0 Å². The van der Waals surface area contributed by atoms with Gasteiger partial charge in [-0.2, -0.15) is 0 Å². The summed E-state index contributed by atoms with van der Waals surface area (Å²) in [6.07, 6.45) is 2.54. The monoisotopic (exact) mass is 302 g/mol. The third-order valence-electron chi connectivity index (χ3n) is 3.94. The lowest BCUT2D eigenvalue weighted by atomic mass is 9.96. The van der Waals surface area contributed by atoms with E-state index in [1.807, 2.05) is 24.3 Å². The number of fused-ring (bicyclic) bond motifs is 2. The first-order valence-electron chi connectivity index (χ1n) is 7.31. The number of ketones is 1. The molecule has 22 heavy (non-hydrogen) atoms. The number of hydrogen-bond acceptors (Lipinski definition) is 2. The standard InChI is InChI=1S/C20H14OS/c21-18-12-13-20(17-10-4-3-9-16(17)18)22-19-11-5-7-14-6-1-2-8-15(14)19/h1-11,13H,12H2. The Hall–Kier alpha value is -2.32. The lowest BCUT2D eigenvalue weighted by Crippen LogP contribution is -2.06. The van der Waals surface area contributed by atoms with Gasteiger partial charge in [-0.15, -0.1) is 0 Å². The first-order chi connectivity index (χ1) is 10.8. The fourth-order valence-corrected chi connectivity index (χ4v) is 3.98. The number of allylic oxidation sites excluding steroid dienone is 1. The van der Waals surface area contributed by atoms with Gasteiger partial charge in [-0.25, -0.2) is 0 Å². The van der Waals surface area contributed by atoms with E-state index < -0.39 is 0 Å². The predicted octanol–water partition coefficient (Wildman–Crippen LogP) is 5.56. The molecule has 0 saturated heterocycles. The second kappa shape index (κ2) is 5.47. The van der Waals surface area contributed by atoms with Crippen molar-refractivity contribution in [2.24, 2.45) is 0 Å². The molecular formula is C20H14OS. The van der Waals surface area contributed by atoms with Crippen molar-refractivity contribution < 1.29 is 4.79 Å². The summed E-state index contributed by atoms with van der Waals surface area (Å²) in [6, 6.07) is 22.7. The first kappa shape index (κ1) is 13.4. The molecule has 1 nitrogen and oxygen atoms in total. The second-order valence-electron chi connectivity index (χ2n) is 5.32. The molecule has 0 N–H and O–H groups in total. The summed E-state index contributed by atoms with van der Waals surface area (Å²) in [7, 11) is 0. The van der Waals surface area contributed by atoms with Gasteiger partial charge in [0.15, 0.2) is 5.78 Å². The normalized spacial score (nSPS) is 13.8. The maximum atomic E-state index is 12.0. The third kappa shape index (κ3) is 2.26. The first-order valence-corrected chi connectivity index (χ1v) is 8.13. The van der Waals surface area contributed by atoms with Gasteiger partial charge in [-0.1, -0.05) is 78.5 Å². The molecule has 0 bridgehead atoms. The Morgan fingerprint density at radius 2 is 1.50 bits per heavy atom. The van der Waals surface area contributed by atoms with Crippen LogP contribution in [0, 0.1) is 0 Å². The number of rotatable bonds is 2. The lowest BCUT2D eigenvalue weighted by Gasteiger charge is -2.17. The molecule has 3 aromatic carbocycles. The summed E-state index contributed by atoms with van der Waals surface area (Å²) in [5.41, 5.74) is 1.89. The summed E-state index contributed by atoms with van der Waals surface area (Å²) in [5.74, 6) is 0.206. The molecule has 0 spiro atoms. The predicted molar refractivity (Wildman–Crippen MR) is 93.2 cm³/mol. The summed E-state index contributed by atoms with van der Waals surface area (Å²) in [5, 5.41) is 2.50. The molecule has 0 atom stereocenters. The van der Waals surface area contributed by atoms with Gasteiger partial charge in [0.1, 0.15) is 0 Å². The van der Waals surface area contributed by atoms with Crippen molar-refractivity contribution in [1.29, 1.82) is 0 Å². The summed E-state index contributed by atoms with van der Waals surface area (Å²) in [6.45, 7) is 0. The molecule has 0 aromatic heterocycles. The van der Waals surface area contributed by atoms with Crippen LogP contribution in [-0.4, -0.2) is 5.78 Å². The topological polar surface area (TPSA) is 17.1 Å². The van der Waals surface area contributed by atoms with Crippen LogP contribution < -0.4 is 0 Å². The molecule has 0 amide bonds. The Balaban J connectivity index is 1.79. The van der Waals surface area contributed by atoms with E-state index in [9.17, 15) is 4.79 Å². The molecule has 3 aromatic rings. The van der Waals surface area contributed by atoms with Gasteiger partial charge in [0.2, 0.25) is 0 Å². The van der Waals surface area contributed by atoms with Crippen molar-refractivity contribution in [2.45, 2.75) is 11.3 Å². The van der Waals surface area contributed by atoms with Gasteiger partial charge in [0, 0.05) is 21.8 Å². The fraction of sp³-hybridized carbons (Fsp3) is 0.0500. The highest BCUT2D eigenvalue weighted by atomic mass is 32.2. The number of carbonyl (C=O) groups is 1. The molecule has 4 rings (SSSR count). The van der Waals surface area contributed by atoms with Crippen molar-refractivity contribution in [3.63, 3.8) is 0 Å². The van der Waals surface area contributed by atoms with E-state index in [4.69, 9.17) is 0 Å². The van der Waals surface area contributed by atoms with Crippen LogP contribution in [0.3, 0.4) is 0 Å². The highest BCUT2D eigenvalue weighted by Crippen LogP contribution is 2.41. The Kier molecular flexibility index (Phi) is 3.32. The summed E-state index contributed by atoms with van der Waals surface area (Å²) in [4.78, 5) is 14.4. The van der Waals surface area contributed by atoms with Crippen LogP contribution in [0.5, 0.6) is 0 Å². The molecule has 1 aliphatic rings. The molecule has 0 unspecified atom stereocenters. The van der Waals surface area contributed by atoms with Crippen molar-refractivity contribution >= 4 is 33.2 Å². The van der Waals surface area contributed by atoms with Gasteiger partial charge in [0.25, 0.3) is 0 Å². The van der Waals surface area contributed by atoms with E-state index in [1.165, 1.54) is 20.6 Å². The van der Waals surface area contributed by atoms with E-state index in [2.05, 4.69) is 48.5 Å². The number of thioether (sulfide) groups is 1. The number of hydrogen-bond donors (Lipinski definition) is 0. The summed E-state index contributed by atoms with van der Waals surface area (Å²) >= 11 is 1.75. The molecule has 0 saturated carbocycles. The quantitative estimate of drug-likeness (QED) is 0.616. The minimum absolute atomic E-state index is 0.206. The maximum absolute atomic E-state index is 12.0. The highest BCUT2D eigenvalue weighted by molar-refractivity contribution is 8.08. The maximum Gasteiger partial charge on any atom is 0.167 e. The Morgan fingerprint density at radius 3 is 2.41 bits per heavy atom. The summed E-state index contributed by atoms with van der Waals surface area (Å²) < 4.78 is 0. The zero-order chi connectivity index (χ0) is 14.9. The number of benzene rings is 3. The van der Waals surface area contributed by atoms with E-state index >= 15 is 0 Å². The smallest absolute Gasteiger partial charge is 0.167 e. The van der Waals surface area contributed by atoms with Gasteiger partial charge in [-0.05, 0) is 22.4 Å². The minimum Gasteiger partial charge on any atom is -0.294 e. The van der Waals surface area contributed by atoms with Crippen LogP contribution in [0.25, 0.3) is 15.7 Å². The number of carbonyl (C=O) groups excluding carboxylic acids is 1. The second-order valence-corrected chi connectivity index (χ2v) is 6.40. The van der Waals surface area contributed by atoms with E-state index in [0.717, 1.165) is 11.1 Å². The van der Waals surface area contributed by atoms with Crippen LogP contribution in [0.2, 0.25) is 0 Å². The van der Waals surface area contributed by atoms with Gasteiger partial charge in [0.05, 0.1) is 0 Å². The molecule has 0 radical (unpaired) electrons. The van der Waals surface area contributed by atoms with Crippen molar-refractivity contribution in [2.75, 3.05) is 0 Å². The average Bonchev–Trinajstić information content (AvgIpc) is 2.58. The number of Topliss-reactive ketones (excluding diaryl/α,β-unsaturated/α-hetero) is 1. The molecule has 0 fully saturated rings. The van der Waals surface area contributed by atoms with Crippen LogP contribution in [0.4, 0.5) is 0 Å². The van der Waals surface area contributed by atoms with Crippen molar-refractivity contribution in [3.8, 4) is 0 Å². The Labute approximate surface area is 133 Å².